The average molecular weight is 367 g/mol. The van der Waals surface area contributed by atoms with Gasteiger partial charge >= 0.3 is 15.5 Å². The molecule has 2 rings (SSSR count). The molecule has 1 heterocycles. The van der Waals surface area contributed by atoms with Crippen molar-refractivity contribution in [1.29, 1.82) is 0 Å². The van der Waals surface area contributed by atoms with E-state index in [1.807, 2.05) is 0 Å². The van der Waals surface area contributed by atoms with E-state index < -0.39 is 40.9 Å². The Kier molecular flexibility index (Phi) is 4.55. The van der Waals surface area contributed by atoms with Crippen LogP contribution in [0.1, 0.15) is 25.7 Å². The molecular formula is C10H16F3NO6S2. The lowest BCUT2D eigenvalue weighted by molar-refractivity contribution is -0.0540. The molecule has 0 bridgehead atoms. The number of hydrogen-bond donors (Lipinski definition) is 0. The molecular weight excluding hydrogens is 351 g/mol. The van der Waals surface area contributed by atoms with Crippen molar-refractivity contribution in [2.75, 3.05) is 19.7 Å². The minimum absolute atomic E-state index is 0.00743. The summed E-state index contributed by atoms with van der Waals surface area (Å²) in [6, 6.07) is -1.34. The topological polar surface area (TPSA) is 90.0 Å². The largest absolute Gasteiger partial charge is 0.512 e. The molecule has 12 heteroatoms. The van der Waals surface area contributed by atoms with Gasteiger partial charge in [0.15, 0.2) is 0 Å². The number of nitrogens with zero attached hydrogens (tertiary/aromatic N) is 1. The van der Waals surface area contributed by atoms with E-state index in [4.69, 9.17) is 9.47 Å². The van der Waals surface area contributed by atoms with Gasteiger partial charge < -0.3 is 9.47 Å². The highest BCUT2D eigenvalue weighted by atomic mass is 32.3. The first kappa shape index (κ1) is 17.9. The fourth-order valence-electron chi connectivity index (χ4n) is 2.92. The van der Waals surface area contributed by atoms with E-state index in [9.17, 15) is 30.0 Å². The first-order valence-corrected chi connectivity index (χ1v) is 9.71. The first-order valence-electron chi connectivity index (χ1n) is 6.42. The molecule has 130 valence electrons. The molecule has 0 aromatic carbocycles. The van der Waals surface area contributed by atoms with Crippen molar-refractivity contribution in [2.24, 2.45) is 0 Å². The van der Waals surface area contributed by atoms with Crippen LogP contribution in [-0.2, 0) is 29.5 Å². The molecule has 1 saturated heterocycles. The van der Waals surface area contributed by atoms with E-state index >= 15 is 0 Å². The van der Waals surface area contributed by atoms with Gasteiger partial charge in [0.1, 0.15) is 6.79 Å². The molecule has 0 N–H and O–H groups in total. The maximum atomic E-state index is 12.8. The molecule has 0 aromatic rings. The second kappa shape index (κ2) is 5.58. The lowest BCUT2D eigenvalue weighted by Crippen LogP contribution is -2.54. The Morgan fingerprint density at radius 1 is 1.23 bits per heavy atom. The van der Waals surface area contributed by atoms with Crippen LogP contribution in [0.3, 0.4) is 0 Å². The van der Waals surface area contributed by atoms with Crippen molar-refractivity contribution in [1.82, 2.24) is 3.71 Å². The Morgan fingerprint density at radius 3 is 2.32 bits per heavy atom. The summed E-state index contributed by atoms with van der Waals surface area (Å²) in [5, 5.41) is 0. The zero-order valence-electron chi connectivity index (χ0n) is 11.7. The normalized spacial score (nSPS) is 31.0. The van der Waals surface area contributed by atoms with Crippen LogP contribution in [0.25, 0.3) is 0 Å². The number of alkyl halides is 3. The molecule has 0 aromatic heterocycles. The van der Waals surface area contributed by atoms with Gasteiger partial charge in [-0.3, -0.25) is 0 Å². The molecule has 2 fully saturated rings. The van der Waals surface area contributed by atoms with E-state index in [2.05, 4.69) is 0 Å². The zero-order valence-corrected chi connectivity index (χ0v) is 13.3. The van der Waals surface area contributed by atoms with Crippen LogP contribution >= 0.6 is 0 Å². The summed E-state index contributed by atoms with van der Waals surface area (Å²) in [6.07, 6.45) is 1.12. The molecule has 1 aliphatic heterocycles. The molecule has 2 aliphatic rings. The molecule has 2 atom stereocenters. The Balaban J connectivity index is 2.39. The van der Waals surface area contributed by atoms with Crippen LogP contribution in [0.15, 0.2) is 0 Å². The monoisotopic (exact) mass is 367 g/mol. The Hall–Kier alpha value is -0.430. The summed E-state index contributed by atoms with van der Waals surface area (Å²) in [5.74, 6) is 0. The van der Waals surface area contributed by atoms with Crippen LogP contribution in [-0.4, -0.2) is 57.4 Å². The average Bonchev–Trinajstić information content (AvgIpc) is 2.73. The van der Waals surface area contributed by atoms with Gasteiger partial charge in [0.25, 0.3) is 0 Å². The van der Waals surface area contributed by atoms with Crippen molar-refractivity contribution >= 4 is 20.0 Å². The fourth-order valence-corrected chi connectivity index (χ4v) is 6.10. The van der Waals surface area contributed by atoms with Gasteiger partial charge in [0.05, 0.1) is 18.5 Å². The van der Waals surface area contributed by atoms with Gasteiger partial charge in [-0.2, -0.15) is 13.2 Å². The third-order valence-corrected chi connectivity index (χ3v) is 7.46. The molecule has 0 radical (unpaired) electrons. The first-order chi connectivity index (χ1) is 9.89. The van der Waals surface area contributed by atoms with Gasteiger partial charge in [-0.05, 0) is 25.7 Å². The number of sulfonamides is 2. The Bertz CT molecular complexity index is 624. The van der Waals surface area contributed by atoms with Crippen molar-refractivity contribution < 1.29 is 39.5 Å². The lowest BCUT2D eigenvalue weighted by Gasteiger charge is -2.39. The number of hydrogen-bond acceptors (Lipinski definition) is 6. The van der Waals surface area contributed by atoms with Gasteiger partial charge in [0.2, 0.25) is 10.0 Å². The van der Waals surface area contributed by atoms with Crippen molar-refractivity contribution in [3.05, 3.63) is 0 Å². The zero-order chi connectivity index (χ0) is 16.8. The molecule has 1 spiro atoms. The second-order valence-electron chi connectivity index (χ2n) is 5.48. The molecule has 22 heavy (non-hydrogen) atoms. The summed E-state index contributed by atoms with van der Waals surface area (Å²) in [6.45, 7) is 0.0603. The minimum atomic E-state index is -5.99. The van der Waals surface area contributed by atoms with E-state index in [0.29, 0.717) is 19.1 Å². The van der Waals surface area contributed by atoms with Gasteiger partial charge in [-0.25, -0.2) is 16.8 Å². The highest BCUT2D eigenvalue weighted by Crippen LogP contribution is 2.40. The van der Waals surface area contributed by atoms with Gasteiger partial charge in [-0.1, -0.05) is 3.71 Å². The second-order valence-corrected chi connectivity index (χ2v) is 9.38. The van der Waals surface area contributed by atoms with Crippen LogP contribution in [0.2, 0.25) is 0 Å². The Morgan fingerprint density at radius 2 is 1.86 bits per heavy atom. The molecule has 0 amide bonds. The van der Waals surface area contributed by atoms with Crippen LogP contribution in [0, 0.1) is 0 Å². The molecule has 7 nitrogen and oxygen atoms in total. The third kappa shape index (κ3) is 3.25. The third-order valence-electron chi connectivity index (χ3n) is 3.75. The number of rotatable bonds is 3. The summed E-state index contributed by atoms with van der Waals surface area (Å²) in [4.78, 5) is 0. The molecule has 1 aliphatic carbocycles. The van der Waals surface area contributed by atoms with Crippen LogP contribution < -0.4 is 0 Å². The smallest absolute Gasteiger partial charge is 0.352 e. The lowest BCUT2D eigenvalue weighted by atomic mass is 9.83. The van der Waals surface area contributed by atoms with E-state index in [1.54, 1.807) is 0 Å². The molecule has 2 unspecified atom stereocenters. The summed E-state index contributed by atoms with van der Waals surface area (Å²) in [7, 11) is -10.6. The quantitative estimate of drug-likeness (QED) is 0.732. The predicted molar refractivity (Wildman–Crippen MR) is 68.5 cm³/mol. The number of ether oxygens (including phenoxy) is 2. The summed E-state index contributed by atoms with van der Waals surface area (Å²) in [5.41, 5.74) is -6.61. The Labute approximate surface area is 126 Å². The maximum absolute atomic E-state index is 12.8. The predicted octanol–water partition coefficient (Wildman–Crippen LogP) is 0.783. The summed E-state index contributed by atoms with van der Waals surface area (Å²) < 4.78 is 95.1. The maximum Gasteiger partial charge on any atom is 0.512 e. The van der Waals surface area contributed by atoms with Crippen molar-refractivity contribution in [3.63, 3.8) is 0 Å². The van der Waals surface area contributed by atoms with Gasteiger partial charge in [-0.15, -0.1) is 0 Å². The number of halogens is 3. The van der Waals surface area contributed by atoms with Crippen molar-refractivity contribution in [3.8, 4) is 0 Å². The SMILES string of the molecule is CS(=O)(=O)N(C1CCCC2(COCO2)C1)S(=O)(=O)C(F)(F)F. The fraction of sp³-hybridized carbons (Fsp3) is 1.00. The highest BCUT2D eigenvalue weighted by Gasteiger charge is 2.57. The van der Waals surface area contributed by atoms with E-state index in [-0.39, 0.29) is 26.2 Å². The van der Waals surface area contributed by atoms with Gasteiger partial charge in [0, 0.05) is 6.04 Å². The van der Waals surface area contributed by atoms with E-state index in [0.717, 1.165) is 0 Å². The minimum Gasteiger partial charge on any atom is -0.352 e. The van der Waals surface area contributed by atoms with Crippen LogP contribution in [0.4, 0.5) is 13.2 Å². The van der Waals surface area contributed by atoms with Crippen LogP contribution in [0.5, 0.6) is 0 Å². The van der Waals surface area contributed by atoms with E-state index in [1.165, 1.54) is 0 Å². The molecule has 1 saturated carbocycles. The van der Waals surface area contributed by atoms with Crippen molar-refractivity contribution in [2.45, 2.75) is 42.8 Å². The highest BCUT2D eigenvalue weighted by molar-refractivity contribution is 8.04. The summed E-state index contributed by atoms with van der Waals surface area (Å²) >= 11 is 0. The standard InChI is InChI=1S/C10H16F3NO6S2/c1-21(15,16)14(22(17,18)10(11,12)13)8-3-2-4-9(5-8)6-19-7-20-9/h8H,2-7H2,1H3.